The van der Waals surface area contributed by atoms with E-state index in [-0.39, 0.29) is 5.84 Å². The number of nitrogens with two attached hydrogens (primary N) is 1. The Kier molecular flexibility index (Phi) is 3.87. The van der Waals surface area contributed by atoms with Crippen molar-refractivity contribution in [2.24, 2.45) is 27.0 Å². The molecule has 0 spiro atoms. The van der Waals surface area contributed by atoms with Gasteiger partial charge >= 0.3 is 0 Å². The highest BCUT2D eigenvalue weighted by Gasteiger charge is 2.99. The van der Waals surface area contributed by atoms with E-state index in [0.717, 1.165) is 5.56 Å². The van der Waals surface area contributed by atoms with Crippen molar-refractivity contribution in [3.8, 4) is 12.1 Å². The van der Waals surface area contributed by atoms with Gasteiger partial charge in [0.05, 0.1) is 12.1 Å². The van der Waals surface area contributed by atoms with Gasteiger partial charge in [0.15, 0.2) is 5.41 Å². The number of ether oxygens (including phenoxy) is 2. The SMILES string of the molecule is CCOC1(OCC)N=C(N)[C@@]2(C#N)[C@@](C)(Cc3ccccc3)[C@@]12C#N. The summed E-state index contributed by atoms with van der Waals surface area (Å²) in [4.78, 5) is 4.36. The smallest absolute Gasteiger partial charge is 0.293 e. The normalized spacial score (nSPS) is 34.5. The highest BCUT2D eigenvalue weighted by Crippen LogP contribution is 2.86. The van der Waals surface area contributed by atoms with Gasteiger partial charge in [-0.05, 0) is 25.8 Å². The summed E-state index contributed by atoms with van der Waals surface area (Å²) < 4.78 is 11.7. The fourth-order valence-corrected chi connectivity index (χ4v) is 4.70. The monoisotopic (exact) mass is 338 g/mol. The third-order valence-corrected chi connectivity index (χ3v) is 5.70. The Morgan fingerprint density at radius 3 is 2.16 bits per heavy atom. The van der Waals surface area contributed by atoms with Crippen molar-refractivity contribution in [1.29, 1.82) is 10.5 Å². The number of hydrogen-bond donors (Lipinski definition) is 1. The number of fused-ring (bicyclic) bond motifs is 1. The van der Waals surface area contributed by atoms with E-state index in [0.29, 0.717) is 19.6 Å². The largest absolute Gasteiger partial charge is 0.386 e. The Morgan fingerprint density at radius 1 is 1.08 bits per heavy atom. The van der Waals surface area contributed by atoms with Gasteiger partial charge in [0.25, 0.3) is 5.91 Å². The van der Waals surface area contributed by atoms with Crippen molar-refractivity contribution in [2.75, 3.05) is 13.2 Å². The van der Waals surface area contributed by atoms with Gasteiger partial charge in [-0.2, -0.15) is 10.5 Å². The molecule has 2 aliphatic rings. The molecule has 1 aromatic carbocycles. The molecule has 1 fully saturated rings. The molecule has 0 saturated heterocycles. The van der Waals surface area contributed by atoms with E-state index in [9.17, 15) is 10.5 Å². The quantitative estimate of drug-likeness (QED) is 0.802. The summed E-state index contributed by atoms with van der Waals surface area (Å²) in [5, 5.41) is 20.2. The molecule has 3 rings (SSSR count). The number of hydrogen-bond acceptors (Lipinski definition) is 6. The van der Waals surface area contributed by atoms with Crippen molar-refractivity contribution < 1.29 is 9.47 Å². The number of nitriles is 2. The number of aliphatic imine (C=N–C) groups is 1. The van der Waals surface area contributed by atoms with Crippen LogP contribution in [-0.2, 0) is 15.9 Å². The lowest BCUT2D eigenvalue weighted by molar-refractivity contribution is -0.260. The Hall–Kier alpha value is -2.41. The first-order valence-electron chi connectivity index (χ1n) is 8.45. The van der Waals surface area contributed by atoms with Gasteiger partial charge in [0.1, 0.15) is 11.3 Å². The second kappa shape index (κ2) is 5.56. The van der Waals surface area contributed by atoms with Crippen LogP contribution < -0.4 is 5.73 Å². The molecule has 0 radical (unpaired) electrons. The lowest BCUT2D eigenvalue weighted by Crippen LogP contribution is -2.45. The van der Waals surface area contributed by atoms with Gasteiger partial charge < -0.3 is 15.2 Å². The molecule has 1 aromatic rings. The van der Waals surface area contributed by atoms with E-state index in [1.165, 1.54) is 0 Å². The number of benzene rings is 1. The zero-order chi connectivity index (χ0) is 18.3. The third kappa shape index (κ3) is 1.71. The zero-order valence-electron chi connectivity index (χ0n) is 14.7. The fourth-order valence-electron chi connectivity index (χ4n) is 4.70. The Bertz CT molecular complexity index is 788. The zero-order valence-corrected chi connectivity index (χ0v) is 14.7. The molecule has 6 heteroatoms. The molecule has 0 unspecified atom stereocenters. The summed E-state index contributed by atoms with van der Waals surface area (Å²) in [5.74, 6) is -1.42. The maximum atomic E-state index is 10.2. The number of nitrogens with zero attached hydrogens (tertiary/aromatic N) is 3. The van der Waals surface area contributed by atoms with Crippen molar-refractivity contribution in [2.45, 2.75) is 33.1 Å². The summed E-state index contributed by atoms with van der Waals surface area (Å²) in [5.41, 5.74) is 3.96. The second-order valence-electron chi connectivity index (χ2n) is 6.66. The molecular formula is C19H22N4O2. The lowest BCUT2D eigenvalue weighted by Gasteiger charge is -2.34. The first kappa shape index (κ1) is 17.4. The molecule has 6 nitrogen and oxygen atoms in total. The van der Waals surface area contributed by atoms with Gasteiger partial charge in [-0.15, -0.1) is 0 Å². The summed E-state index contributed by atoms with van der Waals surface area (Å²) >= 11 is 0. The molecule has 2 N–H and O–H groups in total. The van der Waals surface area contributed by atoms with Gasteiger partial charge in [0.2, 0.25) is 0 Å². The van der Waals surface area contributed by atoms with Crippen molar-refractivity contribution in [3.05, 3.63) is 35.9 Å². The average Bonchev–Trinajstić information content (AvgIpc) is 2.98. The van der Waals surface area contributed by atoms with E-state index in [2.05, 4.69) is 17.1 Å². The molecule has 0 amide bonds. The topological polar surface area (TPSA) is 104 Å². The van der Waals surface area contributed by atoms with Crippen LogP contribution in [0.15, 0.2) is 35.3 Å². The first-order valence-corrected chi connectivity index (χ1v) is 8.45. The van der Waals surface area contributed by atoms with Crippen LogP contribution in [0.2, 0.25) is 0 Å². The Morgan fingerprint density at radius 2 is 1.68 bits per heavy atom. The summed E-state index contributed by atoms with van der Waals surface area (Å²) in [6, 6.07) is 14.4. The summed E-state index contributed by atoms with van der Waals surface area (Å²) in [6.45, 7) is 6.11. The highest BCUT2D eigenvalue weighted by molar-refractivity contribution is 6.00. The first-order chi connectivity index (χ1) is 11.9. The van der Waals surface area contributed by atoms with Crippen LogP contribution in [0, 0.1) is 38.9 Å². The summed E-state index contributed by atoms with van der Waals surface area (Å²) in [6.07, 6.45) is 0.507. The van der Waals surface area contributed by atoms with Crippen LogP contribution in [0.3, 0.4) is 0 Å². The molecule has 0 aromatic heterocycles. The number of rotatable bonds is 6. The van der Waals surface area contributed by atoms with Crippen molar-refractivity contribution >= 4 is 5.84 Å². The summed E-state index contributed by atoms with van der Waals surface area (Å²) in [7, 11) is 0. The third-order valence-electron chi connectivity index (χ3n) is 5.70. The minimum atomic E-state index is -1.55. The predicted octanol–water partition coefficient (Wildman–Crippen LogP) is 2.37. The molecule has 1 saturated carbocycles. The second-order valence-corrected chi connectivity index (χ2v) is 6.66. The van der Waals surface area contributed by atoms with E-state index in [1.807, 2.05) is 37.3 Å². The molecule has 1 heterocycles. The molecule has 130 valence electrons. The van der Waals surface area contributed by atoms with Gasteiger partial charge in [-0.3, -0.25) is 0 Å². The van der Waals surface area contributed by atoms with E-state index in [1.54, 1.807) is 13.8 Å². The maximum absolute atomic E-state index is 10.2. The fraction of sp³-hybridized carbons (Fsp3) is 0.526. The van der Waals surface area contributed by atoms with Gasteiger partial charge in [0, 0.05) is 18.6 Å². The van der Waals surface area contributed by atoms with Crippen molar-refractivity contribution in [3.63, 3.8) is 0 Å². The van der Waals surface area contributed by atoms with E-state index in [4.69, 9.17) is 15.2 Å². The minimum Gasteiger partial charge on any atom is -0.386 e. The van der Waals surface area contributed by atoms with Crippen LogP contribution in [-0.4, -0.2) is 25.0 Å². The average molecular weight is 338 g/mol. The molecule has 25 heavy (non-hydrogen) atoms. The number of amidine groups is 1. The van der Waals surface area contributed by atoms with Crippen LogP contribution in [0.1, 0.15) is 26.3 Å². The standard InChI is InChI=1S/C19H22N4O2/c1-4-24-19(25-5-2)18(13-21)16(3,11-14-9-7-6-8-10-14)17(18,12-20)15(22)23-19/h6-10H,4-5,11H2,1-3H3,(H2,22,23)/t16-,17+,18-/m1/s1. The van der Waals surface area contributed by atoms with Crippen LogP contribution in [0.4, 0.5) is 0 Å². The lowest BCUT2D eigenvalue weighted by atomic mass is 9.85. The van der Waals surface area contributed by atoms with Crippen molar-refractivity contribution in [1.82, 2.24) is 0 Å². The molecule has 1 aliphatic heterocycles. The Balaban J connectivity index is 2.18. The molecule has 1 aliphatic carbocycles. The van der Waals surface area contributed by atoms with Crippen LogP contribution in [0.5, 0.6) is 0 Å². The van der Waals surface area contributed by atoms with Gasteiger partial charge in [-0.1, -0.05) is 37.3 Å². The van der Waals surface area contributed by atoms with Gasteiger partial charge in [-0.25, -0.2) is 4.99 Å². The minimum absolute atomic E-state index is 0.122. The predicted molar refractivity (Wildman–Crippen MR) is 92.0 cm³/mol. The van der Waals surface area contributed by atoms with E-state index >= 15 is 0 Å². The van der Waals surface area contributed by atoms with E-state index < -0.39 is 22.2 Å². The van der Waals surface area contributed by atoms with Crippen LogP contribution in [0.25, 0.3) is 0 Å². The highest BCUT2D eigenvalue weighted by atomic mass is 16.7. The molecular weight excluding hydrogens is 316 g/mol. The van der Waals surface area contributed by atoms with Crippen LogP contribution >= 0.6 is 0 Å². The maximum Gasteiger partial charge on any atom is 0.293 e. The molecule has 3 atom stereocenters. The molecule has 0 bridgehead atoms. The Labute approximate surface area is 147 Å².